The molecular formula is C18H41NO3Si. The third kappa shape index (κ3) is 12.1. The lowest BCUT2D eigenvalue weighted by atomic mass is 10.1. The molecule has 1 atom stereocenters. The first-order valence-electron chi connectivity index (χ1n) is 9.34. The first kappa shape index (κ1) is 23.1. The summed E-state index contributed by atoms with van der Waals surface area (Å²) < 4.78 is 6.18. The van der Waals surface area contributed by atoms with Gasteiger partial charge in [0.05, 0.1) is 12.7 Å². The zero-order valence-electron chi connectivity index (χ0n) is 16.2. The third-order valence-electron chi connectivity index (χ3n) is 4.87. The quantitative estimate of drug-likeness (QED) is 0.331. The zero-order valence-corrected chi connectivity index (χ0v) is 17.2. The van der Waals surface area contributed by atoms with E-state index in [4.69, 9.17) is 9.53 Å². The molecule has 140 valence electrons. The molecule has 0 spiro atoms. The van der Waals surface area contributed by atoms with Crippen molar-refractivity contribution in [3.63, 3.8) is 0 Å². The van der Waals surface area contributed by atoms with Crippen molar-refractivity contribution in [1.29, 1.82) is 0 Å². The molecule has 3 N–H and O–H groups in total. The summed E-state index contributed by atoms with van der Waals surface area (Å²) in [7, 11) is -1.56. The normalized spacial score (nSPS) is 14.2. The summed E-state index contributed by atoms with van der Waals surface area (Å²) in [6, 6.07) is 0. The molecule has 1 unspecified atom stereocenters. The van der Waals surface area contributed by atoms with Gasteiger partial charge in [0.25, 0.3) is 0 Å². The maximum atomic E-state index is 9.73. The lowest BCUT2D eigenvalue weighted by Gasteiger charge is -2.36. The van der Waals surface area contributed by atoms with E-state index in [0.717, 1.165) is 19.4 Å². The van der Waals surface area contributed by atoms with Crippen LogP contribution in [0.5, 0.6) is 0 Å². The molecule has 0 amide bonds. The van der Waals surface area contributed by atoms with Crippen LogP contribution in [0, 0.1) is 0 Å². The Hall–Kier alpha value is 0.0569. The van der Waals surface area contributed by atoms with Crippen LogP contribution in [0.15, 0.2) is 0 Å². The molecule has 23 heavy (non-hydrogen) atoms. The number of unbranched alkanes of at least 4 members (excludes halogenated alkanes) is 5. The molecule has 4 nitrogen and oxygen atoms in total. The van der Waals surface area contributed by atoms with Gasteiger partial charge in [-0.15, -0.1) is 0 Å². The van der Waals surface area contributed by atoms with Crippen LogP contribution in [0.1, 0.15) is 65.7 Å². The van der Waals surface area contributed by atoms with Crippen molar-refractivity contribution in [1.82, 2.24) is 5.32 Å². The lowest BCUT2D eigenvalue weighted by Crippen LogP contribution is -2.40. The highest BCUT2D eigenvalue weighted by Crippen LogP contribution is 2.36. The Bertz CT molecular complexity index is 280. The summed E-state index contributed by atoms with van der Waals surface area (Å²) in [6.07, 6.45) is 7.78. The van der Waals surface area contributed by atoms with E-state index in [2.05, 4.69) is 39.2 Å². The Kier molecular flexibility index (Phi) is 12.5. The highest BCUT2D eigenvalue weighted by Gasteiger charge is 2.36. The molecule has 0 bridgehead atoms. The second-order valence-corrected chi connectivity index (χ2v) is 12.9. The second-order valence-electron chi connectivity index (χ2n) is 8.10. The van der Waals surface area contributed by atoms with Gasteiger partial charge in [0.2, 0.25) is 0 Å². The molecule has 0 saturated heterocycles. The minimum Gasteiger partial charge on any atom is -0.417 e. The standard InChI is InChI=1S/C18H41NO3Si/c1-18(2,3)23(4,5)22-15-11-9-7-6-8-10-12-17(21)16-19-13-14-20/h17,19-21H,6-16H2,1-5H3. The summed E-state index contributed by atoms with van der Waals surface area (Å²) in [4.78, 5) is 0. The number of hydrogen-bond acceptors (Lipinski definition) is 4. The Morgan fingerprint density at radius 2 is 1.57 bits per heavy atom. The summed E-state index contributed by atoms with van der Waals surface area (Å²) in [5.41, 5.74) is 0. The van der Waals surface area contributed by atoms with Crippen LogP contribution < -0.4 is 5.32 Å². The molecule has 0 aromatic rings. The van der Waals surface area contributed by atoms with E-state index in [1.807, 2.05) is 0 Å². The monoisotopic (exact) mass is 347 g/mol. The average molecular weight is 348 g/mol. The van der Waals surface area contributed by atoms with Crippen molar-refractivity contribution in [3.8, 4) is 0 Å². The molecule has 5 heteroatoms. The molecule has 0 rings (SSSR count). The first-order valence-corrected chi connectivity index (χ1v) is 12.2. The van der Waals surface area contributed by atoms with E-state index in [9.17, 15) is 5.11 Å². The Morgan fingerprint density at radius 1 is 1.00 bits per heavy atom. The Morgan fingerprint density at radius 3 is 2.13 bits per heavy atom. The van der Waals surface area contributed by atoms with E-state index in [-0.39, 0.29) is 12.7 Å². The van der Waals surface area contributed by atoms with Crippen molar-refractivity contribution >= 4 is 8.32 Å². The molecule has 0 aromatic heterocycles. The van der Waals surface area contributed by atoms with Gasteiger partial charge < -0.3 is 20.0 Å². The van der Waals surface area contributed by atoms with Gasteiger partial charge in [-0.2, -0.15) is 0 Å². The summed E-state index contributed by atoms with van der Waals surface area (Å²) in [5, 5.41) is 21.7. The van der Waals surface area contributed by atoms with Crippen molar-refractivity contribution < 1.29 is 14.6 Å². The molecule has 0 aromatic carbocycles. The summed E-state index contributed by atoms with van der Waals surface area (Å²) in [5.74, 6) is 0. The maximum absolute atomic E-state index is 9.73. The topological polar surface area (TPSA) is 61.7 Å². The molecule has 0 aliphatic heterocycles. The number of rotatable bonds is 14. The minimum atomic E-state index is -1.56. The summed E-state index contributed by atoms with van der Waals surface area (Å²) in [6.45, 7) is 13.7. The fourth-order valence-corrected chi connectivity index (χ4v) is 3.27. The molecule has 0 fully saturated rings. The van der Waals surface area contributed by atoms with E-state index >= 15 is 0 Å². The summed E-state index contributed by atoms with van der Waals surface area (Å²) >= 11 is 0. The Balaban J connectivity index is 3.40. The maximum Gasteiger partial charge on any atom is 0.191 e. The molecule has 0 saturated carbocycles. The van der Waals surface area contributed by atoms with E-state index in [1.54, 1.807) is 0 Å². The minimum absolute atomic E-state index is 0.131. The number of nitrogens with one attached hydrogen (secondary N) is 1. The Labute approximate surface area is 145 Å². The second kappa shape index (κ2) is 12.4. The highest BCUT2D eigenvalue weighted by atomic mass is 28.4. The van der Waals surface area contributed by atoms with Crippen LogP contribution in [0.2, 0.25) is 18.1 Å². The SMILES string of the molecule is CC(C)(C)[Si](C)(C)OCCCCCCCCC(O)CNCCO. The number of aliphatic hydroxyl groups is 2. The van der Waals surface area contributed by atoms with Gasteiger partial charge in [-0.1, -0.05) is 52.9 Å². The predicted octanol–water partition coefficient (Wildman–Crippen LogP) is 3.68. The highest BCUT2D eigenvalue weighted by molar-refractivity contribution is 6.74. The van der Waals surface area contributed by atoms with E-state index in [1.165, 1.54) is 32.1 Å². The average Bonchev–Trinajstić information content (AvgIpc) is 2.44. The molecular weight excluding hydrogens is 306 g/mol. The van der Waals surface area contributed by atoms with Crippen LogP contribution in [-0.2, 0) is 4.43 Å². The molecule has 0 heterocycles. The van der Waals surface area contributed by atoms with Crippen molar-refractivity contribution in [2.24, 2.45) is 0 Å². The first-order chi connectivity index (χ1) is 10.7. The van der Waals surface area contributed by atoms with Crippen molar-refractivity contribution in [3.05, 3.63) is 0 Å². The lowest BCUT2D eigenvalue weighted by molar-refractivity contribution is 0.155. The van der Waals surface area contributed by atoms with Crippen LogP contribution >= 0.6 is 0 Å². The molecule has 0 aliphatic rings. The van der Waals surface area contributed by atoms with Gasteiger partial charge in [0.1, 0.15) is 0 Å². The molecule has 0 aliphatic carbocycles. The van der Waals surface area contributed by atoms with E-state index in [0.29, 0.717) is 18.1 Å². The van der Waals surface area contributed by atoms with Crippen LogP contribution in [0.25, 0.3) is 0 Å². The largest absolute Gasteiger partial charge is 0.417 e. The van der Waals surface area contributed by atoms with E-state index < -0.39 is 8.32 Å². The third-order valence-corrected chi connectivity index (χ3v) is 9.41. The van der Waals surface area contributed by atoms with Gasteiger partial charge in [-0.25, -0.2) is 0 Å². The van der Waals surface area contributed by atoms with Crippen LogP contribution in [0.4, 0.5) is 0 Å². The number of aliphatic hydroxyl groups excluding tert-OH is 2. The fourth-order valence-electron chi connectivity index (χ4n) is 2.18. The van der Waals surface area contributed by atoms with Crippen molar-refractivity contribution in [2.75, 3.05) is 26.3 Å². The van der Waals surface area contributed by atoms with Gasteiger partial charge in [-0.05, 0) is 31.0 Å². The van der Waals surface area contributed by atoms with Crippen LogP contribution in [0.3, 0.4) is 0 Å². The fraction of sp³-hybridized carbons (Fsp3) is 1.00. The smallest absolute Gasteiger partial charge is 0.191 e. The number of hydrogen-bond donors (Lipinski definition) is 3. The van der Waals surface area contributed by atoms with Gasteiger partial charge >= 0.3 is 0 Å². The van der Waals surface area contributed by atoms with Gasteiger partial charge in [0, 0.05) is 19.7 Å². The van der Waals surface area contributed by atoms with Gasteiger partial charge in [0.15, 0.2) is 8.32 Å². The van der Waals surface area contributed by atoms with Gasteiger partial charge in [-0.3, -0.25) is 0 Å². The zero-order chi connectivity index (χ0) is 17.8. The van der Waals surface area contributed by atoms with Crippen LogP contribution in [-0.4, -0.2) is 50.9 Å². The predicted molar refractivity (Wildman–Crippen MR) is 101 cm³/mol. The molecule has 0 radical (unpaired) electrons. The van der Waals surface area contributed by atoms with Crippen molar-refractivity contribution in [2.45, 2.75) is 90.0 Å².